The Morgan fingerprint density at radius 1 is 1.21 bits per heavy atom. The van der Waals surface area contributed by atoms with Gasteiger partial charge in [0.15, 0.2) is 5.71 Å². The molecule has 2 aromatic carbocycles. The number of hydrogen-bond acceptors (Lipinski definition) is 6. The molecule has 0 spiro atoms. The van der Waals surface area contributed by atoms with Gasteiger partial charge in [0, 0.05) is 0 Å². The van der Waals surface area contributed by atoms with Crippen LogP contribution in [0.25, 0.3) is 0 Å². The van der Waals surface area contributed by atoms with E-state index in [0.29, 0.717) is 16.8 Å². The van der Waals surface area contributed by atoms with Gasteiger partial charge in [-0.15, -0.1) is 0 Å². The molecule has 1 atom stereocenters. The summed E-state index contributed by atoms with van der Waals surface area (Å²) in [6.07, 6.45) is 0. The van der Waals surface area contributed by atoms with Crippen LogP contribution in [-0.2, 0) is 9.53 Å². The van der Waals surface area contributed by atoms with Crippen molar-refractivity contribution in [3.8, 4) is 6.07 Å². The number of hydrazone groups is 1. The highest BCUT2D eigenvalue weighted by atomic mass is 16.5. The summed E-state index contributed by atoms with van der Waals surface area (Å²) in [5, 5.41) is 18.6. The Kier molecular flexibility index (Phi) is 4.38. The van der Waals surface area contributed by atoms with Crippen LogP contribution in [0, 0.1) is 11.3 Å². The lowest BCUT2D eigenvalue weighted by Gasteiger charge is -2.35. The predicted molar refractivity (Wildman–Crippen MR) is 102 cm³/mol. The zero-order valence-electron chi connectivity index (χ0n) is 15.0. The number of fused-ring (bicyclic) bond motifs is 3. The zero-order chi connectivity index (χ0) is 19.7. The average Bonchev–Trinajstić information content (AvgIpc) is 2.73. The molecular weight excluding hydrogens is 356 g/mol. The van der Waals surface area contributed by atoms with Crippen LogP contribution in [0.1, 0.15) is 28.8 Å². The Hall–Kier alpha value is -3.92. The second-order valence-electron chi connectivity index (χ2n) is 6.21. The van der Waals surface area contributed by atoms with Crippen molar-refractivity contribution < 1.29 is 14.3 Å². The van der Waals surface area contributed by atoms with Crippen LogP contribution in [0.2, 0.25) is 0 Å². The minimum Gasteiger partial charge on any atom is -0.461 e. The molecule has 2 aliphatic heterocycles. The van der Waals surface area contributed by atoms with Crippen LogP contribution in [0.15, 0.2) is 71.1 Å². The first-order chi connectivity index (χ1) is 13.7. The van der Waals surface area contributed by atoms with Gasteiger partial charge in [0.25, 0.3) is 5.91 Å². The Morgan fingerprint density at radius 3 is 2.64 bits per heavy atom. The van der Waals surface area contributed by atoms with E-state index in [-0.39, 0.29) is 29.6 Å². The van der Waals surface area contributed by atoms with E-state index in [0.717, 1.165) is 0 Å². The van der Waals surface area contributed by atoms with Gasteiger partial charge >= 0.3 is 5.97 Å². The molecule has 0 saturated heterocycles. The van der Waals surface area contributed by atoms with Gasteiger partial charge in [0.05, 0.1) is 35.4 Å². The molecule has 0 bridgehead atoms. The van der Waals surface area contributed by atoms with E-state index in [9.17, 15) is 14.9 Å². The number of benzene rings is 2. The number of carbonyl (C=O) groups excluding carboxylic acids is 2. The van der Waals surface area contributed by atoms with Crippen molar-refractivity contribution in [3.63, 3.8) is 0 Å². The van der Waals surface area contributed by atoms with Crippen LogP contribution in [0.3, 0.4) is 0 Å². The van der Waals surface area contributed by atoms with E-state index in [2.05, 4.69) is 16.5 Å². The van der Waals surface area contributed by atoms with Crippen LogP contribution in [0.4, 0.5) is 5.69 Å². The Balaban J connectivity index is 1.95. The first kappa shape index (κ1) is 17.5. The van der Waals surface area contributed by atoms with Gasteiger partial charge in [-0.05, 0) is 24.6 Å². The van der Waals surface area contributed by atoms with Crippen molar-refractivity contribution >= 4 is 23.3 Å². The number of anilines is 1. The average molecular weight is 372 g/mol. The van der Waals surface area contributed by atoms with Gasteiger partial charge in [0.1, 0.15) is 5.82 Å². The number of nitrogens with one attached hydrogen (secondary N) is 1. The lowest BCUT2D eigenvalue weighted by molar-refractivity contribution is -0.135. The fourth-order valence-corrected chi connectivity index (χ4v) is 3.37. The molecule has 0 radical (unpaired) electrons. The van der Waals surface area contributed by atoms with E-state index in [1.54, 1.807) is 31.2 Å². The van der Waals surface area contributed by atoms with Gasteiger partial charge in [-0.1, -0.05) is 42.5 Å². The molecule has 2 aliphatic rings. The molecule has 0 saturated carbocycles. The van der Waals surface area contributed by atoms with Crippen molar-refractivity contribution in [1.29, 1.82) is 5.26 Å². The smallest absolute Gasteiger partial charge is 0.355 e. The Labute approximate surface area is 161 Å². The standard InChI is InChI=1S/C21H16N4O3/c1-2-28-21(27)18-17(13-8-4-3-5-9-13)15(12-22)19-23-20(26)14-10-6-7-11-16(14)25(19)24-18/h3-11,17H,2H2,1H3,(H,23,26). The normalized spacial score (nSPS) is 17.7. The molecule has 138 valence electrons. The molecule has 1 unspecified atom stereocenters. The summed E-state index contributed by atoms with van der Waals surface area (Å²) < 4.78 is 5.20. The van der Waals surface area contributed by atoms with E-state index in [1.165, 1.54) is 5.01 Å². The molecule has 7 nitrogen and oxygen atoms in total. The highest BCUT2D eigenvalue weighted by molar-refractivity contribution is 6.40. The summed E-state index contributed by atoms with van der Waals surface area (Å²) in [7, 11) is 0. The van der Waals surface area contributed by atoms with Crippen molar-refractivity contribution in [2.75, 3.05) is 11.6 Å². The van der Waals surface area contributed by atoms with Crippen LogP contribution >= 0.6 is 0 Å². The first-order valence-electron chi connectivity index (χ1n) is 8.81. The fourth-order valence-electron chi connectivity index (χ4n) is 3.37. The SMILES string of the molecule is CCOC(=O)C1=NN2C(=C(C#N)C1c1ccccc1)NC(=O)c1ccccc12. The lowest BCUT2D eigenvalue weighted by atomic mass is 9.85. The van der Waals surface area contributed by atoms with Gasteiger partial charge in [0.2, 0.25) is 0 Å². The number of nitriles is 1. The Bertz CT molecular complexity index is 1070. The van der Waals surface area contributed by atoms with Crippen LogP contribution < -0.4 is 10.3 Å². The maximum atomic E-state index is 12.7. The Morgan fingerprint density at radius 2 is 1.93 bits per heavy atom. The number of nitrogens with zero attached hydrogens (tertiary/aromatic N) is 3. The van der Waals surface area contributed by atoms with E-state index in [4.69, 9.17) is 4.74 Å². The van der Waals surface area contributed by atoms with Crippen molar-refractivity contribution in [3.05, 3.63) is 77.1 Å². The molecule has 7 heteroatoms. The zero-order valence-corrected chi connectivity index (χ0v) is 15.0. The lowest BCUT2D eigenvalue weighted by Crippen LogP contribution is -2.45. The monoisotopic (exact) mass is 372 g/mol. The molecule has 1 N–H and O–H groups in total. The van der Waals surface area contributed by atoms with Crippen LogP contribution in [-0.4, -0.2) is 24.2 Å². The number of allylic oxidation sites excluding steroid dienone is 1. The summed E-state index contributed by atoms with van der Waals surface area (Å²) >= 11 is 0. The molecule has 0 aromatic heterocycles. The molecule has 2 aromatic rings. The summed E-state index contributed by atoms with van der Waals surface area (Å²) in [4.78, 5) is 25.2. The molecule has 28 heavy (non-hydrogen) atoms. The number of hydrogen-bond donors (Lipinski definition) is 1. The van der Waals surface area contributed by atoms with Crippen LogP contribution in [0.5, 0.6) is 0 Å². The van der Waals surface area contributed by atoms with Crippen molar-refractivity contribution in [2.24, 2.45) is 5.10 Å². The summed E-state index contributed by atoms with van der Waals surface area (Å²) in [5.74, 6) is -1.40. The van der Waals surface area contributed by atoms with E-state index >= 15 is 0 Å². The molecule has 0 fully saturated rings. The summed E-state index contributed by atoms with van der Waals surface area (Å²) in [5.41, 5.74) is 1.95. The number of para-hydroxylation sites is 1. The third kappa shape index (κ3) is 2.72. The number of carbonyl (C=O) groups is 2. The van der Waals surface area contributed by atoms with Gasteiger partial charge in [-0.3, -0.25) is 4.79 Å². The van der Waals surface area contributed by atoms with Crippen molar-refractivity contribution in [2.45, 2.75) is 12.8 Å². The number of ether oxygens (including phenoxy) is 1. The highest BCUT2D eigenvalue weighted by Crippen LogP contribution is 2.38. The third-order valence-electron chi connectivity index (χ3n) is 4.58. The van der Waals surface area contributed by atoms with Crippen molar-refractivity contribution in [1.82, 2.24) is 5.32 Å². The summed E-state index contributed by atoms with van der Waals surface area (Å²) in [6.45, 7) is 1.90. The number of esters is 1. The minimum absolute atomic E-state index is 0.0966. The first-order valence-corrected chi connectivity index (χ1v) is 8.81. The molecule has 1 amide bonds. The maximum absolute atomic E-state index is 12.7. The fraction of sp³-hybridized carbons (Fsp3) is 0.143. The molecular formula is C21H16N4O3. The molecule has 2 heterocycles. The second kappa shape index (κ2) is 7.00. The van der Waals surface area contributed by atoms with E-state index in [1.807, 2.05) is 30.3 Å². The molecule has 0 aliphatic carbocycles. The predicted octanol–water partition coefficient (Wildman–Crippen LogP) is 2.69. The third-order valence-corrected chi connectivity index (χ3v) is 4.58. The van der Waals surface area contributed by atoms with Gasteiger partial charge in [-0.25, -0.2) is 9.80 Å². The number of amides is 1. The second-order valence-corrected chi connectivity index (χ2v) is 6.21. The maximum Gasteiger partial charge on any atom is 0.355 e. The largest absolute Gasteiger partial charge is 0.461 e. The quantitative estimate of drug-likeness (QED) is 0.836. The number of rotatable bonds is 3. The van der Waals surface area contributed by atoms with Gasteiger partial charge < -0.3 is 10.1 Å². The topological polar surface area (TPSA) is 94.8 Å². The summed E-state index contributed by atoms with van der Waals surface area (Å²) in [6, 6.07) is 18.2. The van der Waals surface area contributed by atoms with Gasteiger partial charge in [-0.2, -0.15) is 10.4 Å². The molecule has 4 rings (SSSR count). The van der Waals surface area contributed by atoms with E-state index < -0.39 is 11.9 Å². The minimum atomic E-state index is -0.734. The highest BCUT2D eigenvalue weighted by Gasteiger charge is 2.41.